The van der Waals surface area contributed by atoms with Crippen LogP contribution in [0, 0.1) is 0 Å². The third-order valence-corrected chi connectivity index (χ3v) is 10.1. The maximum Gasteiger partial charge on any atom is 0.180 e. The van der Waals surface area contributed by atoms with Crippen molar-refractivity contribution in [3.8, 4) is 44.9 Å². The zero-order valence-electron chi connectivity index (χ0n) is 26.7. The maximum atomic E-state index is 6.67. The molecular weight excluding hydrogens is 613 g/mol. The van der Waals surface area contributed by atoms with Crippen molar-refractivity contribution in [3.63, 3.8) is 0 Å². The third-order valence-electron chi connectivity index (χ3n) is 10.1. The van der Waals surface area contributed by atoms with Gasteiger partial charge < -0.3 is 8.83 Å². The number of hydrogen-bond acceptors (Lipinski definition) is 4. The molecule has 0 amide bonds. The molecule has 0 saturated heterocycles. The predicted octanol–water partition coefficient (Wildman–Crippen LogP) is 12.7. The molecule has 0 saturated carbocycles. The summed E-state index contributed by atoms with van der Waals surface area (Å²) in [6.45, 7) is 0. The van der Waals surface area contributed by atoms with Crippen LogP contribution < -0.4 is 0 Å². The second-order valence-electron chi connectivity index (χ2n) is 12.9. The Kier molecular flexibility index (Phi) is 5.63. The van der Waals surface area contributed by atoms with Crippen LogP contribution in [0.15, 0.2) is 167 Å². The van der Waals surface area contributed by atoms with Crippen molar-refractivity contribution in [2.24, 2.45) is 0 Å². The summed E-state index contributed by atoms with van der Waals surface area (Å²) in [5.74, 6) is 0.660. The molecule has 232 valence electrons. The Morgan fingerprint density at radius 2 is 1.04 bits per heavy atom. The first-order valence-corrected chi connectivity index (χ1v) is 16.8. The lowest BCUT2D eigenvalue weighted by molar-refractivity contribution is 0.667. The maximum absolute atomic E-state index is 6.67. The molecule has 0 aliphatic rings. The highest BCUT2D eigenvalue weighted by atomic mass is 16.3. The minimum atomic E-state index is 0.660. The largest absolute Gasteiger partial charge is 0.456 e. The Morgan fingerprint density at radius 1 is 0.360 bits per heavy atom. The van der Waals surface area contributed by atoms with Crippen LogP contribution in [0.1, 0.15) is 0 Å². The molecule has 0 aliphatic heterocycles. The fraction of sp³-hybridized carbons (Fsp3) is 0. The lowest BCUT2D eigenvalue weighted by Crippen LogP contribution is -1.94. The van der Waals surface area contributed by atoms with Gasteiger partial charge in [0.1, 0.15) is 28.0 Å². The number of aromatic nitrogens is 2. The Balaban J connectivity index is 1.24. The minimum Gasteiger partial charge on any atom is -0.456 e. The molecule has 0 fully saturated rings. The molecule has 4 heteroatoms. The lowest BCUT2D eigenvalue weighted by atomic mass is 9.88. The highest BCUT2D eigenvalue weighted by Crippen LogP contribution is 2.47. The van der Waals surface area contributed by atoms with Gasteiger partial charge in [-0.1, -0.05) is 127 Å². The topological polar surface area (TPSA) is 52.1 Å². The first kappa shape index (κ1) is 27.2. The van der Waals surface area contributed by atoms with Gasteiger partial charge in [0.2, 0.25) is 0 Å². The first-order chi connectivity index (χ1) is 24.8. The molecule has 0 atom stereocenters. The fourth-order valence-corrected chi connectivity index (χ4v) is 7.77. The average molecular weight is 639 g/mol. The molecule has 11 rings (SSSR count). The van der Waals surface area contributed by atoms with Crippen molar-refractivity contribution in [3.05, 3.63) is 158 Å². The van der Waals surface area contributed by atoms with Crippen molar-refractivity contribution in [1.82, 2.24) is 9.97 Å². The monoisotopic (exact) mass is 638 g/mol. The van der Waals surface area contributed by atoms with Crippen molar-refractivity contribution in [2.45, 2.75) is 0 Å². The highest BCUT2D eigenvalue weighted by molar-refractivity contribution is 6.35. The summed E-state index contributed by atoms with van der Waals surface area (Å²) in [5, 5.41) is 7.94. The van der Waals surface area contributed by atoms with E-state index in [0.717, 1.165) is 77.3 Å². The van der Waals surface area contributed by atoms with E-state index in [2.05, 4.69) is 127 Å². The lowest BCUT2D eigenvalue weighted by Gasteiger charge is -2.14. The van der Waals surface area contributed by atoms with E-state index in [4.69, 9.17) is 18.8 Å². The Hall–Kier alpha value is -6.78. The van der Waals surface area contributed by atoms with Crippen LogP contribution in [0.2, 0.25) is 0 Å². The van der Waals surface area contributed by atoms with Crippen molar-refractivity contribution >= 4 is 65.6 Å². The van der Waals surface area contributed by atoms with Gasteiger partial charge in [0.05, 0.1) is 0 Å². The van der Waals surface area contributed by atoms with E-state index in [1.54, 1.807) is 0 Å². The molecule has 0 unspecified atom stereocenters. The number of benzene rings is 8. The van der Waals surface area contributed by atoms with Gasteiger partial charge in [-0.2, -0.15) is 0 Å². The van der Waals surface area contributed by atoms with E-state index >= 15 is 0 Å². The van der Waals surface area contributed by atoms with E-state index in [-0.39, 0.29) is 0 Å². The molecule has 0 bridgehead atoms. The summed E-state index contributed by atoms with van der Waals surface area (Å²) < 4.78 is 13.1. The number of hydrogen-bond donors (Lipinski definition) is 0. The van der Waals surface area contributed by atoms with Crippen LogP contribution in [-0.4, -0.2) is 9.97 Å². The highest BCUT2D eigenvalue weighted by Gasteiger charge is 2.23. The SMILES string of the molecule is c1ccc(-c2ccc3oc4c(-c5ccc6c(c5)c5c(-c7ccccc7)ccc7oc8cccc6c8c75)nc(-c5ccccc5)nc4c3c2)cc1. The molecule has 3 heterocycles. The molecule has 0 spiro atoms. The average Bonchev–Trinajstić information content (AvgIpc) is 3.76. The Morgan fingerprint density at radius 3 is 1.84 bits per heavy atom. The molecule has 11 aromatic rings. The molecule has 4 nitrogen and oxygen atoms in total. The zero-order valence-corrected chi connectivity index (χ0v) is 26.7. The van der Waals surface area contributed by atoms with Gasteiger partial charge in [-0.05, 0) is 68.7 Å². The second-order valence-corrected chi connectivity index (χ2v) is 12.9. The molecular formula is C46H26N2O2. The zero-order chi connectivity index (χ0) is 32.8. The van der Waals surface area contributed by atoms with Gasteiger partial charge in [-0.3, -0.25) is 0 Å². The molecule has 50 heavy (non-hydrogen) atoms. The molecule has 8 aromatic carbocycles. The Bertz CT molecular complexity index is 3070. The van der Waals surface area contributed by atoms with E-state index < -0.39 is 0 Å². The Labute approximate surface area is 286 Å². The summed E-state index contributed by atoms with van der Waals surface area (Å²) in [6.07, 6.45) is 0. The van der Waals surface area contributed by atoms with Crippen molar-refractivity contribution < 1.29 is 8.83 Å². The number of rotatable bonds is 4. The number of nitrogens with zero attached hydrogens (tertiary/aromatic N) is 2. The van der Waals surface area contributed by atoms with Crippen LogP contribution in [0.4, 0.5) is 0 Å². The van der Waals surface area contributed by atoms with E-state index in [1.165, 1.54) is 21.7 Å². The summed E-state index contributed by atoms with van der Waals surface area (Å²) in [7, 11) is 0. The fourth-order valence-electron chi connectivity index (χ4n) is 7.77. The molecule has 0 radical (unpaired) electrons. The number of furan rings is 2. The van der Waals surface area contributed by atoms with E-state index in [0.29, 0.717) is 11.4 Å². The van der Waals surface area contributed by atoms with Gasteiger partial charge in [0.25, 0.3) is 0 Å². The van der Waals surface area contributed by atoms with Crippen LogP contribution in [0.25, 0.3) is 110 Å². The van der Waals surface area contributed by atoms with E-state index in [9.17, 15) is 0 Å². The number of fused-ring (bicyclic) bond motifs is 6. The van der Waals surface area contributed by atoms with Gasteiger partial charge in [-0.15, -0.1) is 0 Å². The quantitative estimate of drug-likeness (QED) is 0.180. The van der Waals surface area contributed by atoms with Crippen LogP contribution in [0.3, 0.4) is 0 Å². The van der Waals surface area contributed by atoms with Crippen molar-refractivity contribution in [1.29, 1.82) is 0 Å². The third kappa shape index (κ3) is 3.93. The second kappa shape index (κ2) is 10.4. The van der Waals surface area contributed by atoms with Crippen LogP contribution in [0.5, 0.6) is 0 Å². The summed E-state index contributed by atoms with van der Waals surface area (Å²) >= 11 is 0. The van der Waals surface area contributed by atoms with E-state index in [1.807, 2.05) is 30.3 Å². The van der Waals surface area contributed by atoms with Crippen molar-refractivity contribution in [2.75, 3.05) is 0 Å². The van der Waals surface area contributed by atoms with Crippen LogP contribution >= 0.6 is 0 Å². The smallest absolute Gasteiger partial charge is 0.180 e. The first-order valence-electron chi connectivity index (χ1n) is 16.8. The summed E-state index contributed by atoms with van der Waals surface area (Å²) in [5.41, 5.74) is 11.3. The van der Waals surface area contributed by atoms with Gasteiger partial charge in [0.15, 0.2) is 11.4 Å². The predicted molar refractivity (Wildman–Crippen MR) is 205 cm³/mol. The molecule has 0 aliphatic carbocycles. The minimum absolute atomic E-state index is 0.660. The van der Waals surface area contributed by atoms with Gasteiger partial charge >= 0.3 is 0 Å². The molecule has 3 aromatic heterocycles. The summed E-state index contributed by atoms with van der Waals surface area (Å²) in [6, 6.07) is 54.9. The van der Waals surface area contributed by atoms with Crippen LogP contribution in [-0.2, 0) is 0 Å². The standard InChI is InChI=1S/C46H26N2O2/c1-4-11-27(12-5-1)30-20-23-37-36(25-30)44-45(50-37)43(47-46(48-44)29-15-8-3-9-16-29)31-19-21-33-34-17-10-18-38-41(34)42-39(49-38)24-22-32(40(42)35(33)26-31)28-13-6-2-7-14-28/h1-26H. The van der Waals surface area contributed by atoms with Gasteiger partial charge in [-0.25, -0.2) is 9.97 Å². The normalized spacial score (nSPS) is 12.0. The summed E-state index contributed by atoms with van der Waals surface area (Å²) in [4.78, 5) is 10.4. The van der Waals surface area contributed by atoms with Gasteiger partial charge in [0, 0.05) is 32.7 Å². The molecule has 0 N–H and O–H groups in total.